The molecule has 146 valence electrons. The first-order valence-corrected chi connectivity index (χ1v) is 8.50. The van der Waals surface area contributed by atoms with E-state index in [0.29, 0.717) is 18.9 Å². The van der Waals surface area contributed by atoms with Gasteiger partial charge in [-0.15, -0.1) is 0 Å². The molecule has 0 aliphatic heterocycles. The van der Waals surface area contributed by atoms with Gasteiger partial charge in [-0.1, -0.05) is 6.07 Å². The number of hydrogen-bond donors (Lipinski definition) is 2. The number of carboxylic acid groups (broad SMARTS) is 1. The second-order valence-electron chi connectivity index (χ2n) is 6.12. The van der Waals surface area contributed by atoms with Crippen LogP contribution in [0.2, 0.25) is 0 Å². The van der Waals surface area contributed by atoms with Crippen LogP contribution < -0.4 is 10.9 Å². The van der Waals surface area contributed by atoms with Crippen LogP contribution in [-0.4, -0.2) is 27.3 Å². The standard InChI is InChI=1S/C19H16F3N3O3/c20-11-8-12(21)10-13(9-11)25-16(6-1-2-7-23-19(27)28)24-15-5-3-4-14(22)17(15)18(25)26/h3-5,8-10,23H,1-2,6-7H2,(H,27,28). The molecule has 2 aromatic carbocycles. The molecule has 6 nitrogen and oxygen atoms in total. The Bertz CT molecular complexity index is 1080. The monoisotopic (exact) mass is 391 g/mol. The fourth-order valence-electron chi connectivity index (χ4n) is 2.94. The number of fused-ring (bicyclic) bond motifs is 1. The summed E-state index contributed by atoms with van der Waals surface area (Å²) < 4.78 is 42.6. The summed E-state index contributed by atoms with van der Waals surface area (Å²) in [5, 5.41) is 10.5. The molecule has 3 rings (SSSR count). The van der Waals surface area contributed by atoms with Crippen molar-refractivity contribution in [3.63, 3.8) is 0 Å². The van der Waals surface area contributed by atoms with Crippen LogP contribution in [0.4, 0.5) is 18.0 Å². The van der Waals surface area contributed by atoms with Crippen molar-refractivity contribution in [2.24, 2.45) is 0 Å². The molecule has 0 aliphatic carbocycles. The van der Waals surface area contributed by atoms with E-state index in [1.54, 1.807) is 0 Å². The highest BCUT2D eigenvalue weighted by Gasteiger charge is 2.16. The Morgan fingerprint density at radius 3 is 2.50 bits per heavy atom. The maximum atomic E-state index is 14.2. The maximum Gasteiger partial charge on any atom is 0.404 e. The van der Waals surface area contributed by atoms with Crippen molar-refractivity contribution in [2.75, 3.05) is 6.54 Å². The minimum atomic E-state index is -1.15. The molecule has 1 heterocycles. The zero-order valence-electron chi connectivity index (χ0n) is 14.6. The van der Waals surface area contributed by atoms with E-state index in [2.05, 4.69) is 10.3 Å². The lowest BCUT2D eigenvalue weighted by Crippen LogP contribution is -2.25. The molecular weight excluding hydrogens is 375 g/mol. The van der Waals surface area contributed by atoms with Gasteiger partial charge in [0.2, 0.25) is 0 Å². The van der Waals surface area contributed by atoms with Crippen molar-refractivity contribution in [3.8, 4) is 5.69 Å². The number of rotatable bonds is 6. The molecule has 0 saturated heterocycles. The van der Waals surface area contributed by atoms with E-state index in [1.165, 1.54) is 12.1 Å². The molecular formula is C19H16F3N3O3. The predicted molar refractivity (Wildman–Crippen MR) is 96.2 cm³/mol. The van der Waals surface area contributed by atoms with Crippen molar-refractivity contribution in [3.05, 3.63) is 70.0 Å². The first-order valence-electron chi connectivity index (χ1n) is 8.50. The fraction of sp³-hybridized carbons (Fsp3) is 0.211. The van der Waals surface area contributed by atoms with Gasteiger partial charge in [0.05, 0.1) is 11.2 Å². The number of aryl methyl sites for hydroxylation is 1. The Hall–Kier alpha value is -3.36. The average molecular weight is 391 g/mol. The molecule has 28 heavy (non-hydrogen) atoms. The third kappa shape index (κ3) is 4.13. The van der Waals surface area contributed by atoms with Gasteiger partial charge in [-0.25, -0.2) is 22.9 Å². The smallest absolute Gasteiger partial charge is 0.404 e. The molecule has 3 aromatic rings. The van der Waals surface area contributed by atoms with Gasteiger partial charge in [-0.3, -0.25) is 9.36 Å². The fourth-order valence-corrected chi connectivity index (χ4v) is 2.94. The number of carbonyl (C=O) groups is 1. The van der Waals surface area contributed by atoms with Gasteiger partial charge in [0.1, 0.15) is 28.7 Å². The Morgan fingerprint density at radius 2 is 1.82 bits per heavy atom. The summed E-state index contributed by atoms with van der Waals surface area (Å²) in [6.45, 7) is 0.205. The Morgan fingerprint density at radius 1 is 1.11 bits per heavy atom. The number of benzene rings is 2. The molecule has 9 heteroatoms. The number of halogens is 3. The van der Waals surface area contributed by atoms with Gasteiger partial charge >= 0.3 is 6.09 Å². The van der Waals surface area contributed by atoms with Gasteiger partial charge in [0.25, 0.3) is 5.56 Å². The van der Waals surface area contributed by atoms with Crippen molar-refractivity contribution < 1.29 is 23.1 Å². The summed E-state index contributed by atoms with van der Waals surface area (Å²) >= 11 is 0. The quantitative estimate of drug-likeness (QED) is 0.631. The van der Waals surface area contributed by atoms with Crippen LogP contribution in [-0.2, 0) is 6.42 Å². The summed E-state index contributed by atoms with van der Waals surface area (Å²) in [7, 11) is 0. The van der Waals surface area contributed by atoms with Gasteiger partial charge in [-0.2, -0.15) is 0 Å². The zero-order chi connectivity index (χ0) is 20.3. The van der Waals surface area contributed by atoms with Crippen LogP contribution in [0.15, 0.2) is 41.2 Å². The number of aromatic nitrogens is 2. The van der Waals surface area contributed by atoms with E-state index in [0.717, 1.165) is 22.8 Å². The SMILES string of the molecule is O=C(O)NCCCCc1nc2cccc(F)c2c(=O)n1-c1cc(F)cc(F)c1. The molecule has 0 fully saturated rings. The van der Waals surface area contributed by atoms with Crippen LogP contribution in [0.5, 0.6) is 0 Å². The second-order valence-corrected chi connectivity index (χ2v) is 6.12. The minimum Gasteiger partial charge on any atom is -0.465 e. The first kappa shape index (κ1) is 19.4. The van der Waals surface area contributed by atoms with Gasteiger partial charge in [0.15, 0.2) is 0 Å². The molecule has 2 N–H and O–H groups in total. The highest BCUT2D eigenvalue weighted by Crippen LogP contribution is 2.18. The van der Waals surface area contributed by atoms with Crippen LogP contribution in [0.3, 0.4) is 0 Å². The van der Waals surface area contributed by atoms with Crippen molar-refractivity contribution in [2.45, 2.75) is 19.3 Å². The molecule has 0 bridgehead atoms. The molecule has 1 amide bonds. The Labute approximate surface area is 157 Å². The van der Waals surface area contributed by atoms with Crippen molar-refractivity contribution >= 4 is 17.0 Å². The molecule has 0 radical (unpaired) electrons. The van der Waals surface area contributed by atoms with Crippen LogP contribution in [0, 0.1) is 17.5 Å². The van der Waals surface area contributed by atoms with Crippen LogP contribution in [0.25, 0.3) is 16.6 Å². The molecule has 0 saturated carbocycles. The maximum absolute atomic E-state index is 14.2. The summed E-state index contributed by atoms with van der Waals surface area (Å²) in [6.07, 6.45) is -0.0145. The van der Waals surface area contributed by atoms with E-state index in [4.69, 9.17) is 5.11 Å². The van der Waals surface area contributed by atoms with E-state index in [-0.39, 0.29) is 35.4 Å². The largest absolute Gasteiger partial charge is 0.465 e. The van der Waals surface area contributed by atoms with Crippen molar-refractivity contribution in [1.82, 2.24) is 14.9 Å². The van der Waals surface area contributed by atoms with Crippen molar-refractivity contribution in [1.29, 1.82) is 0 Å². The number of unbranched alkanes of at least 4 members (excludes halogenated alkanes) is 1. The highest BCUT2D eigenvalue weighted by atomic mass is 19.1. The normalized spacial score (nSPS) is 11.0. The first-order chi connectivity index (χ1) is 13.4. The van der Waals surface area contributed by atoms with E-state index < -0.39 is 29.1 Å². The summed E-state index contributed by atoms with van der Waals surface area (Å²) in [6, 6.07) is 6.60. The highest BCUT2D eigenvalue weighted by molar-refractivity contribution is 5.78. The third-order valence-electron chi connectivity index (χ3n) is 4.13. The lowest BCUT2D eigenvalue weighted by molar-refractivity contribution is 0.194. The van der Waals surface area contributed by atoms with E-state index in [9.17, 15) is 22.8 Å². The van der Waals surface area contributed by atoms with Crippen LogP contribution >= 0.6 is 0 Å². The van der Waals surface area contributed by atoms with Gasteiger partial charge in [0, 0.05) is 19.0 Å². The Balaban J connectivity index is 2.07. The minimum absolute atomic E-state index is 0.0983. The lowest BCUT2D eigenvalue weighted by atomic mass is 10.1. The number of nitrogens with one attached hydrogen (secondary N) is 1. The predicted octanol–water partition coefficient (Wildman–Crippen LogP) is 3.39. The summed E-state index contributed by atoms with van der Waals surface area (Å²) in [5.41, 5.74) is -0.734. The molecule has 1 aromatic heterocycles. The number of nitrogens with zero attached hydrogens (tertiary/aromatic N) is 2. The second kappa shape index (κ2) is 8.12. The number of amides is 1. The topological polar surface area (TPSA) is 84.2 Å². The number of hydrogen-bond acceptors (Lipinski definition) is 3. The lowest BCUT2D eigenvalue weighted by Gasteiger charge is -2.14. The van der Waals surface area contributed by atoms with E-state index in [1.807, 2.05) is 0 Å². The average Bonchev–Trinajstić information content (AvgIpc) is 2.60. The Kier molecular flexibility index (Phi) is 5.62. The third-order valence-corrected chi connectivity index (χ3v) is 4.13. The van der Waals surface area contributed by atoms with Gasteiger partial charge in [-0.05, 0) is 37.1 Å². The molecule has 0 atom stereocenters. The summed E-state index contributed by atoms with van der Waals surface area (Å²) in [4.78, 5) is 27.7. The zero-order valence-corrected chi connectivity index (χ0v) is 14.6. The van der Waals surface area contributed by atoms with Crippen LogP contribution in [0.1, 0.15) is 18.7 Å². The summed E-state index contributed by atoms with van der Waals surface area (Å²) in [5.74, 6) is -2.35. The molecule has 0 unspecified atom stereocenters. The molecule has 0 aliphatic rings. The van der Waals surface area contributed by atoms with Gasteiger partial charge < -0.3 is 10.4 Å². The molecule has 0 spiro atoms. The van der Waals surface area contributed by atoms with E-state index >= 15 is 0 Å².